The van der Waals surface area contributed by atoms with Crippen molar-refractivity contribution in [2.75, 3.05) is 10.8 Å². The summed E-state index contributed by atoms with van der Waals surface area (Å²) in [7, 11) is -1.95. The van der Waals surface area contributed by atoms with Crippen LogP contribution >= 0.6 is 0 Å². The second-order valence-electron chi connectivity index (χ2n) is 5.58. The Morgan fingerprint density at radius 3 is 2.75 bits per heavy atom. The summed E-state index contributed by atoms with van der Waals surface area (Å²) in [6.45, 7) is 0.387. The van der Waals surface area contributed by atoms with Crippen molar-refractivity contribution in [1.29, 1.82) is 0 Å². The highest BCUT2D eigenvalue weighted by Gasteiger charge is 2.33. The molecule has 0 unspecified atom stereocenters. The molecule has 8 heteroatoms. The maximum absolute atomic E-state index is 12.9. The second kappa shape index (κ2) is 5.41. The van der Waals surface area contributed by atoms with Crippen molar-refractivity contribution in [3.8, 4) is 11.3 Å². The third kappa shape index (κ3) is 2.26. The van der Waals surface area contributed by atoms with E-state index in [1.54, 1.807) is 25.6 Å². The maximum Gasteiger partial charge on any atom is 0.267 e. The summed E-state index contributed by atoms with van der Waals surface area (Å²) in [5.74, 6) is 0. The van der Waals surface area contributed by atoms with Crippen molar-refractivity contribution in [1.82, 2.24) is 19.7 Å². The van der Waals surface area contributed by atoms with Gasteiger partial charge in [-0.15, -0.1) is 0 Å². The second-order valence-corrected chi connectivity index (χ2v) is 7.44. The van der Waals surface area contributed by atoms with Gasteiger partial charge in [-0.1, -0.05) is 6.07 Å². The van der Waals surface area contributed by atoms with Crippen molar-refractivity contribution in [2.24, 2.45) is 7.05 Å². The molecule has 0 aromatic carbocycles. The molecule has 4 heterocycles. The number of aryl methyl sites for hydroxylation is 1. The van der Waals surface area contributed by atoms with E-state index in [9.17, 15) is 8.42 Å². The Labute approximate surface area is 139 Å². The average molecular weight is 341 g/mol. The largest absolute Gasteiger partial charge is 0.274 e. The lowest BCUT2D eigenvalue weighted by molar-refractivity contribution is 0.592. The van der Waals surface area contributed by atoms with Gasteiger partial charge in [-0.3, -0.25) is 19.0 Å². The summed E-state index contributed by atoms with van der Waals surface area (Å²) in [6.07, 6.45) is 8.55. The van der Waals surface area contributed by atoms with Gasteiger partial charge < -0.3 is 0 Å². The molecule has 0 bridgehead atoms. The minimum Gasteiger partial charge on any atom is -0.274 e. The predicted octanol–water partition coefficient (Wildman–Crippen LogP) is 1.63. The molecule has 0 N–H and O–H groups in total. The number of anilines is 1. The Kier molecular flexibility index (Phi) is 3.34. The van der Waals surface area contributed by atoms with Crippen LogP contribution in [0.3, 0.4) is 0 Å². The molecule has 1 aliphatic heterocycles. The number of rotatable bonds is 3. The molecule has 1 aliphatic rings. The average Bonchev–Trinajstić information content (AvgIpc) is 3.22. The fourth-order valence-corrected chi connectivity index (χ4v) is 4.41. The minimum atomic E-state index is -3.64. The number of fused-ring (bicyclic) bond motifs is 1. The topological polar surface area (TPSA) is 81.0 Å². The number of pyridine rings is 2. The Morgan fingerprint density at radius 2 is 2.04 bits per heavy atom. The molecule has 0 saturated carbocycles. The molecule has 0 amide bonds. The highest BCUT2D eigenvalue weighted by atomic mass is 32.2. The third-order valence-corrected chi connectivity index (χ3v) is 5.84. The molecule has 3 aromatic rings. The Morgan fingerprint density at radius 1 is 1.17 bits per heavy atom. The van der Waals surface area contributed by atoms with Gasteiger partial charge >= 0.3 is 0 Å². The fourth-order valence-electron chi connectivity index (χ4n) is 2.94. The molecule has 122 valence electrons. The molecule has 0 atom stereocenters. The van der Waals surface area contributed by atoms with Crippen molar-refractivity contribution < 1.29 is 8.42 Å². The first-order valence-corrected chi connectivity index (χ1v) is 8.91. The number of hydrogen-bond acceptors (Lipinski definition) is 5. The van der Waals surface area contributed by atoms with Gasteiger partial charge in [0, 0.05) is 37.7 Å². The van der Waals surface area contributed by atoms with Crippen molar-refractivity contribution >= 4 is 15.7 Å². The van der Waals surface area contributed by atoms with E-state index in [0.717, 1.165) is 16.8 Å². The molecule has 3 aromatic heterocycles. The lowest BCUT2D eigenvalue weighted by Gasteiger charge is -2.18. The molecule has 24 heavy (non-hydrogen) atoms. The zero-order chi connectivity index (χ0) is 16.7. The third-order valence-electron chi connectivity index (χ3n) is 4.08. The molecular weight excluding hydrogens is 326 g/mol. The number of aromatic nitrogens is 4. The molecule has 0 fully saturated rings. The van der Waals surface area contributed by atoms with E-state index in [-0.39, 0.29) is 4.90 Å². The van der Waals surface area contributed by atoms with Crippen LogP contribution < -0.4 is 4.31 Å². The summed E-state index contributed by atoms with van der Waals surface area (Å²) < 4.78 is 28.7. The van der Waals surface area contributed by atoms with E-state index >= 15 is 0 Å². The van der Waals surface area contributed by atoms with E-state index in [1.807, 2.05) is 18.2 Å². The van der Waals surface area contributed by atoms with Crippen LogP contribution in [-0.2, 0) is 23.5 Å². The van der Waals surface area contributed by atoms with E-state index in [2.05, 4.69) is 15.1 Å². The van der Waals surface area contributed by atoms with Crippen LogP contribution in [0.4, 0.5) is 5.69 Å². The monoisotopic (exact) mass is 341 g/mol. The molecule has 4 rings (SSSR count). The first-order chi connectivity index (χ1) is 11.6. The lowest BCUT2D eigenvalue weighted by atomic mass is 10.0. The molecule has 0 saturated heterocycles. The Balaban J connectivity index is 1.81. The quantitative estimate of drug-likeness (QED) is 0.723. The van der Waals surface area contributed by atoms with Crippen LogP contribution in [0.5, 0.6) is 0 Å². The van der Waals surface area contributed by atoms with E-state index < -0.39 is 10.0 Å². The number of sulfonamides is 1. The zero-order valence-electron chi connectivity index (χ0n) is 13.0. The summed E-state index contributed by atoms with van der Waals surface area (Å²) in [4.78, 5) is 8.76. The van der Waals surface area contributed by atoms with Gasteiger partial charge in [-0.25, -0.2) is 8.42 Å². The summed E-state index contributed by atoms with van der Waals surface area (Å²) in [5, 5.41) is 3.96. The van der Waals surface area contributed by atoms with E-state index in [0.29, 0.717) is 18.7 Å². The van der Waals surface area contributed by atoms with Crippen molar-refractivity contribution in [2.45, 2.75) is 11.3 Å². The van der Waals surface area contributed by atoms with Gasteiger partial charge in [0.05, 0.1) is 23.8 Å². The van der Waals surface area contributed by atoms with Gasteiger partial charge in [0.2, 0.25) is 0 Å². The first-order valence-electron chi connectivity index (χ1n) is 7.47. The number of nitrogens with zero attached hydrogens (tertiary/aromatic N) is 5. The van der Waals surface area contributed by atoms with Gasteiger partial charge in [-0.2, -0.15) is 5.10 Å². The van der Waals surface area contributed by atoms with Crippen LogP contribution in [0, 0.1) is 0 Å². The normalized spacial score (nSPS) is 14.0. The first kappa shape index (κ1) is 14.8. The van der Waals surface area contributed by atoms with Crippen LogP contribution in [0.15, 0.2) is 54.1 Å². The maximum atomic E-state index is 12.9. The summed E-state index contributed by atoms with van der Waals surface area (Å²) in [5.41, 5.74) is 3.23. The number of hydrogen-bond donors (Lipinski definition) is 0. The van der Waals surface area contributed by atoms with Gasteiger partial charge in [0.15, 0.2) is 0 Å². The smallest absolute Gasteiger partial charge is 0.267 e. The van der Waals surface area contributed by atoms with Crippen LogP contribution in [0.2, 0.25) is 0 Å². The van der Waals surface area contributed by atoms with Crippen molar-refractivity contribution in [3.05, 3.63) is 54.7 Å². The highest BCUT2D eigenvalue weighted by Crippen LogP contribution is 2.37. The SMILES string of the molecule is Cn1cc(S(=O)(=O)N2CCc3c(-c4ccccn4)cncc32)cn1. The van der Waals surface area contributed by atoms with E-state index in [1.165, 1.54) is 21.4 Å². The standard InChI is InChI=1S/C16H15N5O2S/c1-20-11-12(8-19-20)24(22,23)21-7-5-13-14(9-17-10-16(13)21)15-4-2-3-6-18-15/h2-4,6,8-11H,5,7H2,1H3. The molecule has 0 aliphatic carbocycles. The molecular formula is C16H15N5O2S. The molecule has 0 radical (unpaired) electrons. The summed E-state index contributed by atoms with van der Waals surface area (Å²) in [6, 6.07) is 5.65. The molecule has 7 nitrogen and oxygen atoms in total. The van der Waals surface area contributed by atoms with Crippen LogP contribution in [0.25, 0.3) is 11.3 Å². The van der Waals surface area contributed by atoms with Gasteiger partial charge in [0.25, 0.3) is 10.0 Å². The van der Waals surface area contributed by atoms with E-state index in [4.69, 9.17) is 0 Å². The zero-order valence-corrected chi connectivity index (χ0v) is 13.8. The molecule has 0 spiro atoms. The highest BCUT2D eigenvalue weighted by molar-refractivity contribution is 7.92. The summed E-state index contributed by atoms with van der Waals surface area (Å²) >= 11 is 0. The van der Waals surface area contributed by atoms with Crippen molar-refractivity contribution in [3.63, 3.8) is 0 Å². The van der Waals surface area contributed by atoms with Gasteiger partial charge in [0.1, 0.15) is 4.90 Å². The van der Waals surface area contributed by atoms with Crippen LogP contribution in [0.1, 0.15) is 5.56 Å². The van der Waals surface area contributed by atoms with Gasteiger partial charge in [-0.05, 0) is 24.1 Å². The lowest BCUT2D eigenvalue weighted by Crippen LogP contribution is -2.28. The Hall–Kier alpha value is -2.74. The Bertz CT molecular complexity index is 998. The van der Waals surface area contributed by atoms with Crippen LogP contribution in [-0.4, -0.2) is 34.7 Å². The predicted molar refractivity (Wildman–Crippen MR) is 88.9 cm³/mol. The fraction of sp³-hybridized carbons (Fsp3) is 0.188. The minimum absolute atomic E-state index is 0.182.